The lowest BCUT2D eigenvalue weighted by atomic mass is 10.4. The van der Waals surface area contributed by atoms with Crippen molar-refractivity contribution in [3.8, 4) is 0 Å². The predicted molar refractivity (Wildman–Crippen MR) is 30.0 cm³/mol. The van der Waals surface area contributed by atoms with E-state index in [1.165, 1.54) is 6.92 Å². The van der Waals surface area contributed by atoms with Crippen LogP contribution in [0, 0.1) is 5.41 Å². The van der Waals surface area contributed by atoms with Gasteiger partial charge in [-0.25, -0.2) is 0 Å². The van der Waals surface area contributed by atoms with Gasteiger partial charge in [0.25, 0.3) is 0 Å². The van der Waals surface area contributed by atoms with Crippen molar-refractivity contribution in [3.05, 3.63) is 0 Å². The van der Waals surface area contributed by atoms with Gasteiger partial charge in [0.05, 0.1) is 6.61 Å². The molecule has 8 heavy (non-hydrogen) atoms. The average molecular weight is 115 g/mol. The minimum Gasteiger partial charge on any atom is -0.476 e. The molecule has 1 N–H and O–H groups in total. The van der Waals surface area contributed by atoms with Crippen LogP contribution >= 0.6 is 0 Å². The Morgan fingerprint density at radius 2 is 2.25 bits per heavy atom. The Hall–Kier alpha value is -0.860. The number of hydrogen-bond acceptors (Lipinski definition) is 3. The number of ketones is 1. The van der Waals surface area contributed by atoms with Crippen LogP contribution in [0.1, 0.15) is 13.8 Å². The van der Waals surface area contributed by atoms with E-state index >= 15 is 0 Å². The van der Waals surface area contributed by atoms with Gasteiger partial charge >= 0.3 is 0 Å². The Labute approximate surface area is 48.2 Å². The highest BCUT2D eigenvalue weighted by molar-refractivity contribution is 6.33. The third-order valence-electron chi connectivity index (χ3n) is 0.608. The second-order valence-corrected chi connectivity index (χ2v) is 1.32. The summed E-state index contributed by atoms with van der Waals surface area (Å²) in [4.78, 5) is 10.2. The van der Waals surface area contributed by atoms with Crippen LogP contribution in [0.3, 0.4) is 0 Å². The Balaban J connectivity index is 3.49. The van der Waals surface area contributed by atoms with E-state index < -0.39 is 0 Å². The normalized spacial score (nSPS) is 8.25. The first-order chi connectivity index (χ1) is 3.68. The third kappa shape index (κ3) is 2.34. The summed E-state index contributed by atoms with van der Waals surface area (Å²) in [6.45, 7) is 3.42. The van der Waals surface area contributed by atoms with Crippen LogP contribution in [-0.2, 0) is 9.53 Å². The fraction of sp³-hybridized carbons (Fsp3) is 0.600. The van der Waals surface area contributed by atoms with E-state index in [1.54, 1.807) is 6.92 Å². The highest BCUT2D eigenvalue weighted by Crippen LogP contribution is 1.78. The van der Waals surface area contributed by atoms with Gasteiger partial charge in [0.1, 0.15) is 0 Å². The smallest absolute Gasteiger partial charge is 0.250 e. The van der Waals surface area contributed by atoms with Crippen molar-refractivity contribution in [1.82, 2.24) is 0 Å². The van der Waals surface area contributed by atoms with Crippen molar-refractivity contribution in [2.24, 2.45) is 0 Å². The topological polar surface area (TPSA) is 50.1 Å². The SMILES string of the molecule is CCOC(=N)C(C)=O. The molecule has 0 aromatic heterocycles. The van der Waals surface area contributed by atoms with Crippen LogP contribution in [-0.4, -0.2) is 18.3 Å². The van der Waals surface area contributed by atoms with E-state index in [0.717, 1.165) is 0 Å². The predicted octanol–water partition coefficient (Wildman–Crippen LogP) is 0.589. The van der Waals surface area contributed by atoms with Crippen molar-refractivity contribution in [2.75, 3.05) is 6.61 Å². The Morgan fingerprint density at radius 3 is 2.38 bits per heavy atom. The van der Waals surface area contributed by atoms with Crippen molar-refractivity contribution in [3.63, 3.8) is 0 Å². The minimum atomic E-state index is -0.327. The number of carbonyl (C=O) groups excluding carboxylic acids is 1. The maximum Gasteiger partial charge on any atom is 0.250 e. The molecule has 0 bridgehead atoms. The molecule has 0 amide bonds. The molecule has 0 aromatic carbocycles. The second kappa shape index (κ2) is 3.18. The summed E-state index contributed by atoms with van der Waals surface area (Å²) in [6, 6.07) is 0. The molecular formula is C5H9NO2. The van der Waals surface area contributed by atoms with Gasteiger partial charge in [0.15, 0.2) is 0 Å². The van der Waals surface area contributed by atoms with Crippen LogP contribution in [0.2, 0.25) is 0 Å². The molecular weight excluding hydrogens is 106 g/mol. The van der Waals surface area contributed by atoms with Gasteiger partial charge in [0, 0.05) is 6.92 Å². The first-order valence-corrected chi connectivity index (χ1v) is 2.40. The summed E-state index contributed by atoms with van der Waals surface area (Å²) >= 11 is 0. The summed E-state index contributed by atoms with van der Waals surface area (Å²) in [5, 5.41) is 6.77. The van der Waals surface area contributed by atoms with Crippen molar-refractivity contribution in [1.29, 1.82) is 5.41 Å². The highest BCUT2D eigenvalue weighted by atomic mass is 16.5. The quantitative estimate of drug-likeness (QED) is 0.423. The number of carbonyl (C=O) groups is 1. The number of Topliss-reactive ketones (excluding diaryl/α,β-unsaturated/α-hetero) is 1. The van der Waals surface area contributed by atoms with Crippen molar-refractivity contribution in [2.45, 2.75) is 13.8 Å². The van der Waals surface area contributed by atoms with E-state index in [4.69, 9.17) is 5.41 Å². The molecule has 0 aliphatic carbocycles. The van der Waals surface area contributed by atoms with Gasteiger partial charge in [-0.05, 0) is 6.92 Å². The molecule has 0 aliphatic rings. The number of nitrogens with one attached hydrogen (secondary N) is 1. The lowest BCUT2D eigenvalue weighted by Crippen LogP contribution is -2.11. The van der Waals surface area contributed by atoms with Crippen LogP contribution in [0.25, 0.3) is 0 Å². The minimum absolute atomic E-state index is 0.257. The number of ether oxygens (including phenoxy) is 1. The fourth-order valence-electron chi connectivity index (χ4n) is 0.246. The molecule has 0 fully saturated rings. The van der Waals surface area contributed by atoms with Crippen LogP contribution in [0.15, 0.2) is 0 Å². The molecule has 3 nitrogen and oxygen atoms in total. The highest BCUT2D eigenvalue weighted by Gasteiger charge is 1.99. The zero-order valence-electron chi connectivity index (χ0n) is 5.02. The van der Waals surface area contributed by atoms with E-state index in [2.05, 4.69) is 4.74 Å². The van der Waals surface area contributed by atoms with Gasteiger partial charge in [-0.3, -0.25) is 10.2 Å². The first-order valence-electron chi connectivity index (χ1n) is 2.40. The van der Waals surface area contributed by atoms with Crippen LogP contribution in [0.4, 0.5) is 0 Å². The third-order valence-corrected chi connectivity index (χ3v) is 0.608. The fourth-order valence-corrected chi connectivity index (χ4v) is 0.246. The molecule has 0 aromatic rings. The monoisotopic (exact) mass is 115 g/mol. The van der Waals surface area contributed by atoms with Crippen molar-refractivity contribution >= 4 is 11.7 Å². The van der Waals surface area contributed by atoms with Crippen molar-refractivity contribution < 1.29 is 9.53 Å². The van der Waals surface area contributed by atoms with Gasteiger partial charge < -0.3 is 4.74 Å². The standard InChI is InChI=1S/C5H9NO2/c1-3-8-5(6)4(2)7/h6H,3H2,1-2H3. The van der Waals surface area contributed by atoms with Crippen LogP contribution < -0.4 is 0 Å². The zero-order valence-corrected chi connectivity index (χ0v) is 5.02. The Bertz CT molecular complexity index is 109. The van der Waals surface area contributed by atoms with Gasteiger partial charge in [-0.15, -0.1) is 0 Å². The zero-order chi connectivity index (χ0) is 6.57. The van der Waals surface area contributed by atoms with Crippen LogP contribution in [0.5, 0.6) is 0 Å². The lowest BCUT2D eigenvalue weighted by Gasteiger charge is -1.96. The largest absolute Gasteiger partial charge is 0.476 e. The number of hydrogen-bond donors (Lipinski definition) is 1. The van der Waals surface area contributed by atoms with E-state index in [0.29, 0.717) is 6.61 Å². The molecule has 0 unspecified atom stereocenters. The summed E-state index contributed by atoms with van der Waals surface area (Å²) in [7, 11) is 0. The number of rotatable bonds is 2. The summed E-state index contributed by atoms with van der Waals surface area (Å²) in [5.41, 5.74) is 0. The summed E-state index contributed by atoms with van der Waals surface area (Å²) in [5.74, 6) is -0.584. The average Bonchev–Trinajstić information content (AvgIpc) is 1.67. The molecule has 0 atom stereocenters. The Morgan fingerprint density at radius 1 is 1.75 bits per heavy atom. The molecule has 0 radical (unpaired) electrons. The summed E-state index contributed by atoms with van der Waals surface area (Å²) < 4.78 is 4.54. The molecule has 0 heterocycles. The molecule has 46 valence electrons. The van der Waals surface area contributed by atoms with E-state index in [-0.39, 0.29) is 11.7 Å². The molecule has 0 aliphatic heterocycles. The second-order valence-electron chi connectivity index (χ2n) is 1.32. The van der Waals surface area contributed by atoms with E-state index in [9.17, 15) is 4.79 Å². The maximum absolute atomic E-state index is 10.2. The molecule has 3 heteroatoms. The van der Waals surface area contributed by atoms with Gasteiger partial charge in [-0.2, -0.15) is 0 Å². The van der Waals surface area contributed by atoms with Gasteiger partial charge in [-0.1, -0.05) is 0 Å². The first kappa shape index (κ1) is 7.14. The summed E-state index contributed by atoms with van der Waals surface area (Å²) in [6.07, 6.45) is 0. The lowest BCUT2D eigenvalue weighted by molar-refractivity contribution is -0.112. The molecule has 0 rings (SSSR count). The maximum atomic E-state index is 10.2. The van der Waals surface area contributed by atoms with Gasteiger partial charge in [0.2, 0.25) is 11.7 Å². The molecule has 0 spiro atoms. The molecule has 0 saturated heterocycles. The Kier molecular flexibility index (Phi) is 2.84. The molecule has 0 saturated carbocycles. The van der Waals surface area contributed by atoms with E-state index in [1.807, 2.05) is 0 Å².